The summed E-state index contributed by atoms with van der Waals surface area (Å²) < 4.78 is 0. The lowest BCUT2D eigenvalue weighted by Gasteiger charge is -2.09. The summed E-state index contributed by atoms with van der Waals surface area (Å²) in [5.74, 6) is -0.282. The molecule has 25 heavy (non-hydrogen) atoms. The molecule has 7 heteroatoms. The third-order valence-electron chi connectivity index (χ3n) is 3.40. The normalized spacial score (nSPS) is 10.3. The number of nitrogens with one attached hydrogen (secondary N) is 2. The highest BCUT2D eigenvalue weighted by atomic mass is 35.5. The second-order valence-corrected chi connectivity index (χ2v) is 6.07. The van der Waals surface area contributed by atoms with Gasteiger partial charge in [0, 0.05) is 37.0 Å². The number of aromatic nitrogens is 2. The van der Waals surface area contributed by atoms with Crippen LogP contribution in [0.25, 0.3) is 0 Å². The fourth-order valence-corrected chi connectivity index (χ4v) is 2.44. The number of amides is 1. The molecule has 0 fully saturated rings. The molecule has 1 amide bonds. The van der Waals surface area contributed by atoms with Crippen LogP contribution in [0.15, 0.2) is 61.2 Å². The predicted molar refractivity (Wildman–Crippen MR) is 100 cm³/mol. The van der Waals surface area contributed by atoms with E-state index < -0.39 is 0 Å². The molecule has 0 bridgehead atoms. The van der Waals surface area contributed by atoms with Crippen molar-refractivity contribution in [2.24, 2.45) is 0 Å². The lowest BCUT2D eigenvalue weighted by atomic mass is 10.2. The van der Waals surface area contributed by atoms with E-state index in [1.165, 1.54) is 6.20 Å². The molecule has 2 heterocycles. The lowest BCUT2D eigenvalue weighted by Crippen LogP contribution is -2.12. The molecule has 0 saturated heterocycles. The largest absolute Gasteiger partial charge is 0.380 e. The number of carbonyl (C=O) groups excluding carboxylic acids is 1. The van der Waals surface area contributed by atoms with Crippen LogP contribution < -0.4 is 10.6 Å². The highest BCUT2D eigenvalue weighted by molar-refractivity contribution is 6.42. The molecule has 2 aromatic heterocycles. The molecule has 0 aliphatic heterocycles. The van der Waals surface area contributed by atoms with Crippen molar-refractivity contribution >= 4 is 40.5 Å². The van der Waals surface area contributed by atoms with Gasteiger partial charge in [-0.1, -0.05) is 29.3 Å². The minimum Gasteiger partial charge on any atom is -0.380 e. The second kappa shape index (κ2) is 7.96. The number of benzene rings is 1. The van der Waals surface area contributed by atoms with Crippen LogP contribution >= 0.6 is 23.2 Å². The molecule has 5 nitrogen and oxygen atoms in total. The molecule has 0 unspecified atom stereocenters. The van der Waals surface area contributed by atoms with Crippen LogP contribution in [-0.4, -0.2) is 15.9 Å². The molecule has 0 radical (unpaired) electrons. The molecule has 0 aliphatic carbocycles. The molecule has 2 N–H and O–H groups in total. The monoisotopic (exact) mass is 372 g/mol. The van der Waals surface area contributed by atoms with Gasteiger partial charge in [-0.3, -0.25) is 14.8 Å². The highest BCUT2D eigenvalue weighted by Gasteiger charge is 2.09. The summed E-state index contributed by atoms with van der Waals surface area (Å²) in [7, 11) is 0. The van der Waals surface area contributed by atoms with Crippen LogP contribution in [0.4, 0.5) is 11.4 Å². The fourth-order valence-electron chi connectivity index (χ4n) is 2.14. The van der Waals surface area contributed by atoms with Crippen molar-refractivity contribution in [3.05, 3.63) is 82.4 Å². The zero-order valence-corrected chi connectivity index (χ0v) is 14.6. The van der Waals surface area contributed by atoms with Crippen LogP contribution in [0.3, 0.4) is 0 Å². The van der Waals surface area contributed by atoms with Gasteiger partial charge < -0.3 is 10.6 Å². The number of carbonyl (C=O) groups is 1. The Kier molecular flexibility index (Phi) is 5.48. The molecule has 3 rings (SSSR count). The Bertz CT molecular complexity index is 887. The quantitative estimate of drug-likeness (QED) is 0.683. The summed E-state index contributed by atoms with van der Waals surface area (Å²) in [5, 5.41) is 6.80. The van der Waals surface area contributed by atoms with E-state index in [1.807, 2.05) is 12.1 Å². The van der Waals surface area contributed by atoms with Gasteiger partial charge in [0.25, 0.3) is 5.91 Å². The van der Waals surface area contributed by atoms with Gasteiger partial charge in [-0.25, -0.2) is 0 Å². The standard InChI is InChI=1S/C18H14Cl2N4O/c19-16-4-3-14(7-17(16)20)24-18(25)13-6-15(11-22-10-13)23-9-12-2-1-5-21-8-12/h1-8,10-11,23H,9H2,(H,24,25). The first-order valence-corrected chi connectivity index (χ1v) is 8.21. The van der Waals surface area contributed by atoms with Gasteiger partial charge in [0.05, 0.1) is 21.3 Å². The topological polar surface area (TPSA) is 66.9 Å². The SMILES string of the molecule is O=C(Nc1ccc(Cl)c(Cl)c1)c1cncc(NCc2cccnc2)c1. The lowest BCUT2D eigenvalue weighted by molar-refractivity contribution is 0.102. The minimum absolute atomic E-state index is 0.282. The minimum atomic E-state index is -0.282. The summed E-state index contributed by atoms with van der Waals surface area (Å²) in [6, 6.07) is 10.5. The van der Waals surface area contributed by atoms with E-state index in [9.17, 15) is 4.79 Å². The molecule has 1 aromatic carbocycles. The Morgan fingerprint density at radius 2 is 1.84 bits per heavy atom. The van der Waals surface area contributed by atoms with Crippen LogP contribution in [0.2, 0.25) is 10.0 Å². The van der Waals surface area contributed by atoms with Gasteiger partial charge in [0.15, 0.2) is 0 Å². The smallest absolute Gasteiger partial charge is 0.257 e. The third kappa shape index (κ3) is 4.68. The van der Waals surface area contributed by atoms with Crippen LogP contribution in [0.1, 0.15) is 15.9 Å². The maximum atomic E-state index is 12.4. The Labute approximate surface area is 155 Å². The maximum Gasteiger partial charge on any atom is 0.257 e. The summed E-state index contributed by atoms with van der Waals surface area (Å²) >= 11 is 11.8. The first kappa shape index (κ1) is 17.2. The molecule has 0 spiro atoms. The number of rotatable bonds is 5. The molecule has 0 atom stereocenters. The Hall–Kier alpha value is -2.63. The molecule has 3 aromatic rings. The summed E-state index contributed by atoms with van der Waals surface area (Å²) in [6.07, 6.45) is 6.66. The number of hydrogen-bond donors (Lipinski definition) is 2. The highest BCUT2D eigenvalue weighted by Crippen LogP contribution is 2.25. The van der Waals surface area contributed by atoms with E-state index in [-0.39, 0.29) is 5.91 Å². The average Bonchev–Trinajstić information content (AvgIpc) is 2.64. The van der Waals surface area contributed by atoms with E-state index in [0.717, 1.165) is 11.3 Å². The average molecular weight is 373 g/mol. The van der Waals surface area contributed by atoms with Crippen molar-refractivity contribution in [3.8, 4) is 0 Å². The third-order valence-corrected chi connectivity index (χ3v) is 4.14. The van der Waals surface area contributed by atoms with Crippen molar-refractivity contribution in [2.75, 3.05) is 10.6 Å². The number of hydrogen-bond acceptors (Lipinski definition) is 4. The van der Waals surface area contributed by atoms with E-state index in [4.69, 9.17) is 23.2 Å². The zero-order chi connectivity index (χ0) is 17.6. The van der Waals surface area contributed by atoms with Crippen molar-refractivity contribution in [2.45, 2.75) is 6.54 Å². The molecule has 126 valence electrons. The van der Waals surface area contributed by atoms with E-state index in [1.54, 1.807) is 42.9 Å². The van der Waals surface area contributed by atoms with Crippen molar-refractivity contribution < 1.29 is 4.79 Å². The maximum absolute atomic E-state index is 12.4. The number of pyridine rings is 2. The van der Waals surface area contributed by atoms with Gasteiger partial charge in [0.1, 0.15) is 0 Å². The second-order valence-electron chi connectivity index (χ2n) is 5.26. The van der Waals surface area contributed by atoms with Crippen molar-refractivity contribution in [1.82, 2.24) is 9.97 Å². The van der Waals surface area contributed by atoms with Crippen LogP contribution in [-0.2, 0) is 6.54 Å². The first-order valence-electron chi connectivity index (χ1n) is 7.46. The summed E-state index contributed by atoms with van der Waals surface area (Å²) in [5.41, 5.74) is 2.77. The molecule has 0 saturated carbocycles. The van der Waals surface area contributed by atoms with Crippen LogP contribution in [0.5, 0.6) is 0 Å². The molecule has 0 aliphatic rings. The Morgan fingerprint density at radius 1 is 0.960 bits per heavy atom. The van der Waals surface area contributed by atoms with E-state index in [0.29, 0.717) is 27.8 Å². The fraction of sp³-hybridized carbons (Fsp3) is 0.0556. The van der Waals surface area contributed by atoms with Gasteiger partial charge in [-0.15, -0.1) is 0 Å². The van der Waals surface area contributed by atoms with Gasteiger partial charge in [-0.05, 0) is 35.9 Å². The van der Waals surface area contributed by atoms with Gasteiger partial charge >= 0.3 is 0 Å². The zero-order valence-electron chi connectivity index (χ0n) is 13.0. The predicted octanol–water partition coefficient (Wildman–Crippen LogP) is 4.65. The molecular weight excluding hydrogens is 359 g/mol. The number of halogens is 2. The van der Waals surface area contributed by atoms with Gasteiger partial charge in [0.2, 0.25) is 0 Å². The first-order chi connectivity index (χ1) is 12.1. The number of nitrogens with zero attached hydrogens (tertiary/aromatic N) is 2. The summed E-state index contributed by atoms with van der Waals surface area (Å²) in [4.78, 5) is 20.5. The van der Waals surface area contributed by atoms with E-state index >= 15 is 0 Å². The van der Waals surface area contributed by atoms with E-state index in [2.05, 4.69) is 20.6 Å². The number of anilines is 2. The van der Waals surface area contributed by atoms with Crippen molar-refractivity contribution in [3.63, 3.8) is 0 Å². The Balaban J connectivity index is 1.67. The Morgan fingerprint density at radius 3 is 2.60 bits per heavy atom. The molecular formula is C18H14Cl2N4O. The van der Waals surface area contributed by atoms with Crippen LogP contribution in [0, 0.1) is 0 Å². The van der Waals surface area contributed by atoms with Gasteiger partial charge in [-0.2, -0.15) is 0 Å². The summed E-state index contributed by atoms with van der Waals surface area (Å²) in [6.45, 7) is 0.591. The van der Waals surface area contributed by atoms with Crippen molar-refractivity contribution in [1.29, 1.82) is 0 Å².